The minimum Gasteiger partial charge on any atom is -0.376 e. The van der Waals surface area contributed by atoms with Gasteiger partial charge in [-0.15, -0.1) is 0 Å². The van der Waals surface area contributed by atoms with Crippen LogP contribution in [-0.4, -0.2) is 18.7 Å². The Morgan fingerprint density at radius 2 is 1.95 bits per heavy atom. The number of benzene rings is 2. The number of hydrogen-bond donors (Lipinski definition) is 2. The molecule has 0 saturated carbocycles. The number of anilines is 1. The van der Waals surface area contributed by atoms with Gasteiger partial charge in [0.2, 0.25) is 0 Å². The molecule has 0 unspecified atom stereocenters. The Balaban J connectivity index is 1.81. The van der Waals surface area contributed by atoms with E-state index in [1.54, 1.807) is 6.21 Å². The highest BCUT2D eigenvalue weighted by atomic mass is 16.2. The third kappa shape index (κ3) is 4.76. The first-order valence-electron chi connectivity index (χ1n) is 6.83. The minimum absolute atomic E-state index is 0.179. The number of hydrogen-bond acceptors (Lipinski definition) is 3. The predicted octanol–water partition coefficient (Wildman–Crippen LogP) is 2.87. The lowest BCUT2D eigenvalue weighted by atomic mass is 10.2. The lowest BCUT2D eigenvalue weighted by Gasteiger charge is -2.07. The van der Waals surface area contributed by atoms with Gasteiger partial charge in [-0.1, -0.05) is 48.0 Å². The number of rotatable bonds is 5. The monoisotopic (exact) mass is 281 g/mol. The van der Waals surface area contributed by atoms with Crippen LogP contribution in [0.15, 0.2) is 53.6 Å². The Morgan fingerprint density at radius 1 is 1.14 bits per heavy atom. The van der Waals surface area contributed by atoms with Gasteiger partial charge in [-0.05, 0) is 31.0 Å². The summed E-state index contributed by atoms with van der Waals surface area (Å²) in [5.41, 5.74) is 6.69. The number of nitrogens with one attached hydrogen (secondary N) is 2. The molecule has 2 aromatic carbocycles. The lowest BCUT2D eigenvalue weighted by Crippen LogP contribution is -2.26. The smallest absolute Gasteiger partial charge is 0.259 e. The summed E-state index contributed by atoms with van der Waals surface area (Å²) in [4.78, 5) is 11.7. The fourth-order valence-corrected chi connectivity index (χ4v) is 1.92. The molecular formula is C17H19N3O. The van der Waals surface area contributed by atoms with Crippen molar-refractivity contribution in [2.45, 2.75) is 13.8 Å². The van der Waals surface area contributed by atoms with E-state index in [2.05, 4.69) is 15.8 Å². The van der Waals surface area contributed by atoms with Crippen molar-refractivity contribution < 1.29 is 4.79 Å². The molecule has 21 heavy (non-hydrogen) atoms. The minimum atomic E-state index is -0.179. The van der Waals surface area contributed by atoms with E-state index in [9.17, 15) is 4.79 Å². The second-order valence-electron chi connectivity index (χ2n) is 4.88. The van der Waals surface area contributed by atoms with Gasteiger partial charge in [0.15, 0.2) is 0 Å². The largest absolute Gasteiger partial charge is 0.376 e. The van der Waals surface area contributed by atoms with Crippen LogP contribution in [0.2, 0.25) is 0 Å². The van der Waals surface area contributed by atoms with Gasteiger partial charge in [0.05, 0.1) is 12.8 Å². The maximum Gasteiger partial charge on any atom is 0.259 e. The summed E-state index contributed by atoms with van der Waals surface area (Å²) in [5, 5.41) is 7.04. The van der Waals surface area contributed by atoms with Gasteiger partial charge in [0, 0.05) is 5.69 Å². The molecule has 0 aromatic heterocycles. The molecule has 0 atom stereocenters. The molecule has 0 fully saturated rings. The Labute approximate surface area is 124 Å². The molecule has 0 aliphatic heterocycles. The third-order valence-corrected chi connectivity index (χ3v) is 3.03. The fraction of sp³-hybridized carbons (Fsp3) is 0.176. The fourth-order valence-electron chi connectivity index (χ4n) is 1.92. The van der Waals surface area contributed by atoms with Crippen LogP contribution in [0, 0.1) is 13.8 Å². The Kier molecular flexibility index (Phi) is 5.10. The highest BCUT2D eigenvalue weighted by molar-refractivity contribution is 5.84. The molecule has 0 aliphatic rings. The summed E-state index contributed by atoms with van der Waals surface area (Å²) in [6.07, 6.45) is 1.64. The molecule has 0 saturated heterocycles. The van der Waals surface area contributed by atoms with E-state index in [0.717, 1.165) is 22.4 Å². The van der Waals surface area contributed by atoms with Crippen molar-refractivity contribution in [3.8, 4) is 0 Å². The first-order valence-corrected chi connectivity index (χ1v) is 6.83. The van der Waals surface area contributed by atoms with E-state index >= 15 is 0 Å². The van der Waals surface area contributed by atoms with E-state index < -0.39 is 0 Å². The highest BCUT2D eigenvalue weighted by Gasteiger charge is 2.00. The molecule has 2 N–H and O–H groups in total. The summed E-state index contributed by atoms with van der Waals surface area (Å²) >= 11 is 0. The van der Waals surface area contributed by atoms with E-state index in [-0.39, 0.29) is 12.5 Å². The molecule has 0 bridgehead atoms. The lowest BCUT2D eigenvalue weighted by molar-refractivity contribution is -0.119. The summed E-state index contributed by atoms with van der Waals surface area (Å²) in [7, 11) is 0. The molecule has 2 aromatic rings. The van der Waals surface area contributed by atoms with Gasteiger partial charge >= 0.3 is 0 Å². The number of hydrazone groups is 1. The molecule has 1 amide bonds. The van der Waals surface area contributed by atoms with Crippen molar-refractivity contribution in [2.24, 2.45) is 5.10 Å². The first kappa shape index (κ1) is 14.8. The number of aryl methyl sites for hydroxylation is 2. The van der Waals surface area contributed by atoms with Gasteiger partial charge in [0.25, 0.3) is 5.91 Å². The van der Waals surface area contributed by atoms with E-state index in [1.165, 1.54) is 0 Å². The number of para-hydroxylation sites is 1. The third-order valence-electron chi connectivity index (χ3n) is 3.03. The molecule has 108 valence electrons. The number of nitrogens with zero attached hydrogens (tertiary/aromatic N) is 1. The maximum absolute atomic E-state index is 11.7. The van der Waals surface area contributed by atoms with Crippen molar-refractivity contribution in [3.05, 3.63) is 65.2 Å². The number of amides is 1. The molecule has 2 rings (SSSR count). The molecule has 4 nitrogen and oxygen atoms in total. The summed E-state index contributed by atoms with van der Waals surface area (Å²) < 4.78 is 0. The van der Waals surface area contributed by atoms with Gasteiger partial charge < -0.3 is 5.32 Å². The normalized spacial score (nSPS) is 10.6. The molecule has 4 heteroatoms. The standard InChI is InChI=1S/C17H19N3O/c1-13-6-5-8-15(10-13)11-19-20-17(21)12-18-16-9-4-3-7-14(16)2/h3-11,18H,12H2,1-2H3,(H,20,21). The summed E-state index contributed by atoms with van der Waals surface area (Å²) in [6, 6.07) is 15.8. The maximum atomic E-state index is 11.7. The van der Waals surface area contributed by atoms with Crippen LogP contribution in [0.1, 0.15) is 16.7 Å². The highest BCUT2D eigenvalue weighted by Crippen LogP contribution is 2.12. The van der Waals surface area contributed by atoms with Crippen LogP contribution >= 0.6 is 0 Å². The Hall–Kier alpha value is -2.62. The number of carbonyl (C=O) groups excluding carboxylic acids is 1. The Morgan fingerprint density at radius 3 is 2.71 bits per heavy atom. The molecular weight excluding hydrogens is 262 g/mol. The second kappa shape index (κ2) is 7.24. The number of carbonyl (C=O) groups is 1. The van der Waals surface area contributed by atoms with Gasteiger partial charge in [-0.25, -0.2) is 5.43 Å². The van der Waals surface area contributed by atoms with Crippen LogP contribution in [0.25, 0.3) is 0 Å². The van der Waals surface area contributed by atoms with Crippen LogP contribution in [0.4, 0.5) is 5.69 Å². The zero-order valence-corrected chi connectivity index (χ0v) is 12.3. The van der Waals surface area contributed by atoms with Crippen LogP contribution < -0.4 is 10.7 Å². The molecule has 0 heterocycles. The van der Waals surface area contributed by atoms with Crippen molar-refractivity contribution in [1.82, 2.24) is 5.43 Å². The van der Waals surface area contributed by atoms with Crippen LogP contribution in [0.5, 0.6) is 0 Å². The predicted molar refractivity (Wildman–Crippen MR) is 86.6 cm³/mol. The van der Waals surface area contributed by atoms with Crippen LogP contribution in [0.3, 0.4) is 0 Å². The van der Waals surface area contributed by atoms with Crippen molar-refractivity contribution in [2.75, 3.05) is 11.9 Å². The molecule has 0 spiro atoms. The van der Waals surface area contributed by atoms with E-state index in [0.29, 0.717) is 0 Å². The first-order chi connectivity index (χ1) is 10.1. The van der Waals surface area contributed by atoms with Crippen LogP contribution in [-0.2, 0) is 4.79 Å². The zero-order valence-electron chi connectivity index (χ0n) is 12.3. The quantitative estimate of drug-likeness (QED) is 0.654. The molecule has 0 aliphatic carbocycles. The van der Waals surface area contributed by atoms with Crippen molar-refractivity contribution >= 4 is 17.8 Å². The average molecular weight is 281 g/mol. The summed E-state index contributed by atoms with van der Waals surface area (Å²) in [6.45, 7) is 4.20. The SMILES string of the molecule is Cc1cccc(C=NNC(=O)CNc2ccccc2C)c1. The van der Waals surface area contributed by atoms with Gasteiger partial charge in [0.1, 0.15) is 0 Å². The average Bonchev–Trinajstić information content (AvgIpc) is 2.46. The zero-order chi connectivity index (χ0) is 15.1. The van der Waals surface area contributed by atoms with E-state index in [4.69, 9.17) is 0 Å². The van der Waals surface area contributed by atoms with Gasteiger partial charge in [-0.2, -0.15) is 5.10 Å². The topological polar surface area (TPSA) is 53.5 Å². The van der Waals surface area contributed by atoms with E-state index in [1.807, 2.05) is 62.4 Å². The van der Waals surface area contributed by atoms with Crippen molar-refractivity contribution in [1.29, 1.82) is 0 Å². The summed E-state index contributed by atoms with van der Waals surface area (Å²) in [5.74, 6) is -0.179. The molecule has 0 radical (unpaired) electrons. The van der Waals surface area contributed by atoms with Gasteiger partial charge in [-0.3, -0.25) is 4.79 Å². The second-order valence-corrected chi connectivity index (χ2v) is 4.88. The van der Waals surface area contributed by atoms with Crippen molar-refractivity contribution in [3.63, 3.8) is 0 Å². The Bertz CT molecular complexity index is 650.